The SMILES string of the molecule is Clc1ccc(NNc2nc3ccccc3nc2-c2ccccc2)c(Cl)c1. The fourth-order valence-corrected chi connectivity index (χ4v) is 3.06. The van der Waals surface area contributed by atoms with Gasteiger partial charge in [0.25, 0.3) is 0 Å². The van der Waals surface area contributed by atoms with Gasteiger partial charge in [0.15, 0.2) is 5.82 Å². The van der Waals surface area contributed by atoms with Crippen LogP contribution in [0.5, 0.6) is 0 Å². The van der Waals surface area contributed by atoms with Crippen molar-refractivity contribution < 1.29 is 0 Å². The molecule has 26 heavy (non-hydrogen) atoms. The molecule has 0 spiro atoms. The Labute approximate surface area is 160 Å². The first-order valence-corrected chi connectivity index (χ1v) is 8.75. The van der Waals surface area contributed by atoms with E-state index < -0.39 is 0 Å². The highest BCUT2D eigenvalue weighted by atomic mass is 35.5. The maximum absolute atomic E-state index is 6.22. The maximum atomic E-state index is 6.22. The van der Waals surface area contributed by atoms with E-state index in [4.69, 9.17) is 33.2 Å². The van der Waals surface area contributed by atoms with Crippen LogP contribution in [0.25, 0.3) is 22.3 Å². The van der Waals surface area contributed by atoms with Gasteiger partial charge in [-0.1, -0.05) is 65.7 Å². The summed E-state index contributed by atoms with van der Waals surface area (Å²) in [4.78, 5) is 9.48. The number of halogens is 2. The third-order valence-corrected chi connectivity index (χ3v) is 4.41. The Morgan fingerprint density at radius 1 is 0.692 bits per heavy atom. The second kappa shape index (κ2) is 7.20. The van der Waals surface area contributed by atoms with Crippen LogP contribution in [0.15, 0.2) is 72.8 Å². The topological polar surface area (TPSA) is 49.8 Å². The minimum Gasteiger partial charge on any atom is -0.298 e. The molecule has 0 aliphatic carbocycles. The van der Waals surface area contributed by atoms with Crippen molar-refractivity contribution in [3.63, 3.8) is 0 Å². The number of hydrogen-bond donors (Lipinski definition) is 2. The number of hydrazine groups is 1. The lowest BCUT2D eigenvalue weighted by Gasteiger charge is -2.14. The first-order valence-electron chi connectivity index (χ1n) is 8.00. The highest BCUT2D eigenvalue weighted by molar-refractivity contribution is 6.36. The van der Waals surface area contributed by atoms with Gasteiger partial charge < -0.3 is 0 Å². The molecule has 128 valence electrons. The van der Waals surface area contributed by atoms with Crippen LogP contribution in [-0.2, 0) is 0 Å². The van der Waals surface area contributed by atoms with Gasteiger partial charge in [0.05, 0.1) is 21.7 Å². The molecule has 4 rings (SSSR count). The second-order valence-electron chi connectivity index (χ2n) is 5.65. The zero-order chi connectivity index (χ0) is 17.9. The zero-order valence-corrected chi connectivity index (χ0v) is 15.1. The van der Waals surface area contributed by atoms with E-state index in [1.165, 1.54) is 0 Å². The van der Waals surface area contributed by atoms with Crippen molar-refractivity contribution in [3.8, 4) is 11.3 Å². The lowest BCUT2D eigenvalue weighted by molar-refractivity contribution is 1.25. The highest BCUT2D eigenvalue weighted by Crippen LogP contribution is 2.29. The predicted octanol–water partition coefficient (Wildman–Crippen LogP) is 6.04. The molecular weight excluding hydrogens is 367 g/mol. The number of para-hydroxylation sites is 2. The second-order valence-corrected chi connectivity index (χ2v) is 6.49. The predicted molar refractivity (Wildman–Crippen MR) is 109 cm³/mol. The molecule has 1 aromatic heterocycles. The summed E-state index contributed by atoms with van der Waals surface area (Å²) in [5.41, 5.74) is 10.3. The lowest BCUT2D eigenvalue weighted by atomic mass is 10.1. The quantitative estimate of drug-likeness (QED) is 0.423. The molecule has 0 saturated carbocycles. The van der Waals surface area contributed by atoms with Crippen LogP contribution in [0.1, 0.15) is 0 Å². The smallest absolute Gasteiger partial charge is 0.171 e. The third kappa shape index (κ3) is 3.43. The van der Waals surface area contributed by atoms with Gasteiger partial charge in [-0.05, 0) is 30.3 Å². The summed E-state index contributed by atoms with van der Waals surface area (Å²) in [5, 5.41) is 1.09. The Morgan fingerprint density at radius 2 is 1.38 bits per heavy atom. The van der Waals surface area contributed by atoms with Crippen molar-refractivity contribution in [1.29, 1.82) is 0 Å². The third-order valence-electron chi connectivity index (χ3n) is 3.86. The number of rotatable bonds is 4. The molecule has 1 heterocycles. The summed E-state index contributed by atoms with van der Waals surface area (Å²) in [6.45, 7) is 0. The fourth-order valence-electron chi connectivity index (χ4n) is 2.60. The summed E-state index contributed by atoms with van der Waals surface area (Å²) in [5.74, 6) is 0.612. The Morgan fingerprint density at radius 3 is 2.12 bits per heavy atom. The van der Waals surface area contributed by atoms with E-state index in [1.807, 2.05) is 54.6 Å². The van der Waals surface area contributed by atoms with Gasteiger partial charge in [-0.15, -0.1) is 0 Å². The number of nitrogens with one attached hydrogen (secondary N) is 2. The van der Waals surface area contributed by atoms with Gasteiger partial charge >= 0.3 is 0 Å². The van der Waals surface area contributed by atoms with Crippen LogP contribution in [0, 0.1) is 0 Å². The minimum atomic E-state index is 0.514. The van der Waals surface area contributed by atoms with E-state index in [2.05, 4.69) is 10.9 Å². The summed E-state index contributed by atoms with van der Waals surface area (Å²) in [7, 11) is 0. The normalized spacial score (nSPS) is 10.7. The summed E-state index contributed by atoms with van der Waals surface area (Å²) in [6, 6.07) is 22.9. The molecular formula is C20H14Cl2N4. The Kier molecular flexibility index (Phi) is 4.61. The molecule has 4 nitrogen and oxygen atoms in total. The molecule has 0 fully saturated rings. The monoisotopic (exact) mass is 380 g/mol. The van der Waals surface area contributed by atoms with E-state index >= 15 is 0 Å². The van der Waals surface area contributed by atoms with Gasteiger partial charge in [0.1, 0.15) is 5.69 Å². The average molecular weight is 381 g/mol. The molecule has 0 aliphatic heterocycles. The van der Waals surface area contributed by atoms with E-state index in [1.54, 1.807) is 18.2 Å². The summed E-state index contributed by atoms with van der Waals surface area (Å²) in [6.07, 6.45) is 0. The van der Waals surface area contributed by atoms with E-state index in [9.17, 15) is 0 Å². The Balaban J connectivity index is 1.75. The van der Waals surface area contributed by atoms with Crippen LogP contribution in [0.4, 0.5) is 11.5 Å². The van der Waals surface area contributed by atoms with Gasteiger partial charge in [-0.25, -0.2) is 9.97 Å². The molecule has 0 saturated heterocycles. The maximum Gasteiger partial charge on any atom is 0.171 e. The number of fused-ring (bicyclic) bond motifs is 1. The first-order chi connectivity index (χ1) is 12.7. The van der Waals surface area contributed by atoms with Gasteiger partial charge in [-0.3, -0.25) is 10.9 Å². The van der Waals surface area contributed by atoms with E-state index in [0.717, 1.165) is 22.3 Å². The van der Waals surface area contributed by atoms with Crippen molar-refractivity contribution in [3.05, 3.63) is 82.8 Å². The summed E-state index contributed by atoms with van der Waals surface area (Å²) >= 11 is 12.2. The standard InChI is InChI=1S/C20H14Cl2N4/c21-14-10-11-16(15(22)12-14)25-26-20-19(13-6-2-1-3-7-13)23-17-8-4-5-9-18(17)24-20/h1-12,25H,(H,24,26). The number of nitrogens with zero attached hydrogens (tertiary/aromatic N) is 2. The first kappa shape index (κ1) is 16.6. The van der Waals surface area contributed by atoms with E-state index in [0.29, 0.717) is 21.6 Å². The average Bonchev–Trinajstić information content (AvgIpc) is 2.67. The lowest BCUT2D eigenvalue weighted by Crippen LogP contribution is -2.12. The largest absolute Gasteiger partial charge is 0.298 e. The molecule has 0 aliphatic rings. The molecule has 4 aromatic rings. The Bertz CT molecular complexity index is 1070. The highest BCUT2D eigenvalue weighted by Gasteiger charge is 2.11. The zero-order valence-electron chi connectivity index (χ0n) is 13.6. The number of anilines is 2. The van der Waals surface area contributed by atoms with Crippen molar-refractivity contribution in [1.82, 2.24) is 9.97 Å². The number of hydrogen-bond acceptors (Lipinski definition) is 4. The van der Waals surface area contributed by atoms with Crippen LogP contribution in [0.2, 0.25) is 10.0 Å². The van der Waals surface area contributed by atoms with Crippen molar-refractivity contribution in [2.75, 3.05) is 10.9 Å². The van der Waals surface area contributed by atoms with Crippen LogP contribution in [0.3, 0.4) is 0 Å². The molecule has 0 unspecified atom stereocenters. The van der Waals surface area contributed by atoms with Crippen molar-refractivity contribution >= 4 is 45.7 Å². The molecule has 0 radical (unpaired) electrons. The molecule has 3 aromatic carbocycles. The van der Waals surface area contributed by atoms with E-state index in [-0.39, 0.29) is 0 Å². The van der Waals surface area contributed by atoms with Crippen LogP contribution in [-0.4, -0.2) is 9.97 Å². The molecule has 0 amide bonds. The van der Waals surface area contributed by atoms with Crippen LogP contribution >= 0.6 is 23.2 Å². The minimum absolute atomic E-state index is 0.514. The van der Waals surface area contributed by atoms with Gasteiger partial charge in [0.2, 0.25) is 0 Å². The Hall–Kier alpha value is -2.82. The molecule has 6 heteroatoms. The van der Waals surface area contributed by atoms with Crippen molar-refractivity contribution in [2.24, 2.45) is 0 Å². The van der Waals surface area contributed by atoms with Gasteiger partial charge in [-0.2, -0.15) is 0 Å². The van der Waals surface area contributed by atoms with Crippen LogP contribution < -0.4 is 10.9 Å². The molecule has 0 atom stereocenters. The number of aromatic nitrogens is 2. The van der Waals surface area contributed by atoms with Crippen molar-refractivity contribution in [2.45, 2.75) is 0 Å². The molecule has 2 N–H and O–H groups in total. The summed E-state index contributed by atoms with van der Waals surface area (Å²) < 4.78 is 0. The number of benzene rings is 3. The fraction of sp³-hybridized carbons (Fsp3) is 0. The molecule has 0 bridgehead atoms. The van der Waals surface area contributed by atoms with Gasteiger partial charge in [0, 0.05) is 10.6 Å².